The predicted molar refractivity (Wildman–Crippen MR) is 195 cm³/mol. The second-order valence-corrected chi connectivity index (χ2v) is 22.5. The van der Waals surface area contributed by atoms with Gasteiger partial charge in [0.1, 0.15) is 0 Å². The van der Waals surface area contributed by atoms with Crippen LogP contribution in [0.4, 0.5) is 0 Å². The van der Waals surface area contributed by atoms with Crippen molar-refractivity contribution in [3.8, 4) is 0 Å². The molecule has 0 aromatic carbocycles. The Hall–Kier alpha value is 0. The molecule has 4 aliphatic carbocycles. The summed E-state index contributed by atoms with van der Waals surface area (Å²) in [5.74, 6) is 4.28. The van der Waals surface area contributed by atoms with Crippen molar-refractivity contribution >= 4 is 0 Å². The van der Waals surface area contributed by atoms with E-state index < -0.39 is 0 Å². The van der Waals surface area contributed by atoms with Crippen LogP contribution in [-0.2, 0) is 0 Å². The quantitative estimate of drug-likeness (QED) is 0.292. The summed E-state index contributed by atoms with van der Waals surface area (Å²) in [4.78, 5) is 0. The lowest BCUT2D eigenvalue weighted by Crippen LogP contribution is -2.87. The van der Waals surface area contributed by atoms with Gasteiger partial charge in [-0.1, -0.05) is 173 Å². The van der Waals surface area contributed by atoms with Crippen LogP contribution in [0.25, 0.3) is 0 Å². The molecule has 0 N–H and O–H groups in total. The van der Waals surface area contributed by atoms with Gasteiger partial charge in [0.2, 0.25) is 0 Å². The third kappa shape index (κ3) is 2.72. The van der Waals surface area contributed by atoms with Gasteiger partial charge in [-0.3, -0.25) is 0 Å². The highest BCUT2D eigenvalue weighted by Gasteiger charge is 2.92. The number of hydrogen-bond donors (Lipinski definition) is 0. The minimum Gasteiger partial charge on any atom is -0.0622 e. The monoisotopic (exact) mass is 611 g/mol. The van der Waals surface area contributed by atoms with Crippen molar-refractivity contribution in [2.75, 3.05) is 0 Å². The Morgan fingerprint density at radius 3 is 1.09 bits per heavy atom. The molecule has 0 bridgehead atoms. The Balaban J connectivity index is 2.32. The van der Waals surface area contributed by atoms with E-state index in [1.807, 2.05) is 0 Å². The number of hydrogen-bond acceptors (Lipinski definition) is 0. The Bertz CT molecular complexity index is 1190. The molecule has 0 spiro atoms. The summed E-state index contributed by atoms with van der Waals surface area (Å²) in [6, 6.07) is 0. The summed E-state index contributed by atoms with van der Waals surface area (Å²) in [5.41, 5.74) is 1.84. The number of fused-ring (bicyclic) bond motifs is 5. The van der Waals surface area contributed by atoms with Gasteiger partial charge in [-0.05, 0) is 106 Å². The summed E-state index contributed by atoms with van der Waals surface area (Å²) in [6.45, 7) is 68.2. The Morgan fingerprint density at radius 1 is 0.409 bits per heavy atom. The SMILES string of the molecule is CC1C(C)[C@@]2(C)C(C)(C(C)C(C)(C)C3(C)C4(C)C(C)C(C)C(C)(C(C)(C)C(C)C)[C@@]4(C)C(C)C(C)(C)C32C)C(C)(C)C1(C)C. The van der Waals surface area contributed by atoms with E-state index in [0.717, 1.165) is 0 Å². The van der Waals surface area contributed by atoms with Crippen LogP contribution in [0.5, 0.6) is 0 Å². The fraction of sp³-hybridized carbons (Fsp3) is 1.00. The maximum Gasteiger partial charge on any atom is -0.0145 e. The highest BCUT2D eigenvalue weighted by atomic mass is 15.0. The van der Waals surface area contributed by atoms with Crippen molar-refractivity contribution in [1.82, 2.24) is 0 Å². The third-order valence-corrected chi connectivity index (χ3v) is 23.8. The van der Waals surface area contributed by atoms with Gasteiger partial charge in [0.05, 0.1) is 0 Å². The fourth-order valence-corrected chi connectivity index (χ4v) is 17.6. The minimum absolute atomic E-state index is 0.0914. The molecule has 0 nitrogen and oxygen atoms in total. The van der Waals surface area contributed by atoms with Gasteiger partial charge in [-0.15, -0.1) is 0 Å². The molecule has 0 saturated heterocycles. The third-order valence-electron chi connectivity index (χ3n) is 23.8. The van der Waals surface area contributed by atoms with Crippen LogP contribution in [-0.4, -0.2) is 0 Å². The first-order chi connectivity index (χ1) is 19.1. The lowest BCUT2D eigenvalue weighted by atomic mass is 9.12. The maximum absolute atomic E-state index is 2.89. The molecule has 0 radical (unpaired) electrons. The van der Waals surface area contributed by atoms with E-state index in [9.17, 15) is 0 Å². The van der Waals surface area contributed by atoms with Gasteiger partial charge < -0.3 is 0 Å². The zero-order chi connectivity index (χ0) is 35.0. The van der Waals surface area contributed by atoms with E-state index in [0.29, 0.717) is 41.4 Å². The highest BCUT2D eigenvalue weighted by Crippen LogP contribution is 2.97. The van der Waals surface area contributed by atoms with Gasteiger partial charge in [0.15, 0.2) is 0 Å². The normalized spacial score (nSPS) is 57.4. The van der Waals surface area contributed by atoms with E-state index in [4.69, 9.17) is 0 Å². The van der Waals surface area contributed by atoms with E-state index in [2.05, 4.69) is 173 Å². The second kappa shape index (κ2) is 8.77. The molecular weight excluding hydrogens is 528 g/mol. The summed E-state index contributed by atoms with van der Waals surface area (Å²) in [6.07, 6.45) is 0. The molecule has 4 rings (SSSR count). The lowest BCUT2D eigenvalue weighted by molar-refractivity contribution is -0.447. The van der Waals surface area contributed by atoms with E-state index >= 15 is 0 Å². The van der Waals surface area contributed by atoms with Gasteiger partial charge >= 0.3 is 0 Å². The van der Waals surface area contributed by atoms with Crippen LogP contribution < -0.4 is 0 Å². The van der Waals surface area contributed by atoms with Crippen molar-refractivity contribution in [3.63, 3.8) is 0 Å². The van der Waals surface area contributed by atoms with Crippen LogP contribution in [0, 0.1) is 106 Å². The first kappa shape index (κ1) is 36.8. The molecule has 4 fully saturated rings. The van der Waals surface area contributed by atoms with Gasteiger partial charge in [0, 0.05) is 0 Å². The predicted octanol–water partition coefficient (Wildman–Crippen LogP) is 13.7. The Labute approximate surface area is 278 Å². The molecule has 258 valence electrons. The first-order valence-electron chi connectivity index (χ1n) is 19.1. The molecule has 4 saturated carbocycles. The second-order valence-electron chi connectivity index (χ2n) is 22.5. The molecule has 0 aromatic heterocycles. The molecule has 44 heavy (non-hydrogen) atoms. The van der Waals surface area contributed by atoms with E-state index in [1.165, 1.54) is 0 Å². The summed E-state index contributed by atoms with van der Waals surface area (Å²) < 4.78 is 0. The van der Waals surface area contributed by atoms with Crippen LogP contribution >= 0.6 is 0 Å². The smallest absolute Gasteiger partial charge is 0.0145 e. The van der Waals surface area contributed by atoms with Crippen molar-refractivity contribution in [1.29, 1.82) is 0 Å². The zero-order valence-corrected chi connectivity index (χ0v) is 35.0. The molecule has 13 atom stereocenters. The van der Waals surface area contributed by atoms with Gasteiger partial charge in [0.25, 0.3) is 0 Å². The van der Waals surface area contributed by atoms with Crippen molar-refractivity contribution in [2.24, 2.45) is 106 Å². The molecule has 11 unspecified atom stereocenters. The van der Waals surface area contributed by atoms with Crippen LogP contribution in [0.1, 0.15) is 173 Å². The molecule has 0 aromatic rings. The standard InChI is InChI=1S/C44H82/c1-26(2)33(9,10)38(19)29(5)30(6)40(21)42(38,23)32(8)36(15,16)43(24)39(20)28(4)27(3)34(11,12)37(17,18)41(39,22)31(7)35(13,14)44(40,43)25/h26-32H,1-25H3/t27?,28?,29?,30?,31?,32?,38?,39-,40?,41?,42+,43?,44?/m0/s1. The lowest BCUT2D eigenvalue weighted by Gasteiger charge is -2.91. The summed E-state index contributed by atoms with van der Waals surface area (Å²) in [7, 11) is 0. The van der Waals surface area contributed by atoms with Crippen LogP contribution in [0.3, 0.4) is 0 Å². The molecule has 0 heterocycles. The van der Waals surface area contributed by atoms with Crippen molar-refractivity contribution < 1.29 is 0 Å². The van der Waals surface area contributed by atoms with Gasteiger partial charge in [-0.25, -0.2) is 0 Å². The molecular formula is C44H82. The molecule has 0 amide bonds. The molecule has 0 heteroatoms. The highest BCUT2D eigenvalue weighted by molar-refractivity contribution is 5.39. The van der Waals surface area contributed by atoms with E-state index in [1.54, 1.807) is 0 Å². The first-order valence-corrected chi connectivity index (χ1v) is 19.1. The average Bonchev–Trinajstić information content (AvgIpc) is 3.04. The molecule has 4 aliphatic rings. The van der Waals surface area contributed by atoms with Gasteiger partial charge in [-0.2, -0.15) is 0 Å². The average molecular weight is 611 g/mol. The van der Waals surface area contributed by atoms with E-state index in [-0.39, 0.29) is 65.0 Å². The Kier molecular flexibility index (Phi) is 7.34. The largest absolute Gasteiger partial charge is 0.0622 e. The fourth-order valence-electron chi connectivity index (χ4n) is 17.6. The topological polar surface area (TPSA) is 0 Å². The van der Waals surface area contributed by atoms with Crippen LogP contribution in [0.15, 0.2) is 0 Å². The van der Waals surface area contributed by atoms with Crippen molar-refractivity contribution in [2.45, 2.75) is 173 Å². The summed E-state index contributed by atoms with van der Waals surface area (Å²) in [5, 5.41) is 0. The van der Waals surface area contributed by atoms with Crippen LogP contribution in [0.2, 0.25) is 0 Å². The maximum atomic E-state index is 2.89. The Morgan fingerprint density at radius 2 is 0.727 bits per heavy atom. The summed E-state index contributed by atoms with van der Waals surface area (Å²) >= 11 is 0. The zero-order valence-electron chi connectivity index (χ0n) is 35.0. The number of rotatable bonds is 2. The minimum atomic E-state index is 0.0914. The van der Waals surface area contributed by atoms with Crippen molar-refractivity contribution in [3.05, 3.63) is 0 Å². The molecule has 0 aliphatic heterocycles.